The summed E-state index contributed by atoms with van der Waals surface area (Å²) in [6.45, 7) is 8.24. The third-order valence-corrected chi connectivity index (χ3v) is 8.75. The zero-order chi connectivity index (χ0) is 21.1. The van der Waals surface area contributed by atoms with Gasteiger partial charge in [-0.15, -0.1) is 0 Å². The number of carbonyl (C=O) groups excluding carboxylic acids is 2. The standard InChI is InChI=1S/C21H29N3O4S/c1-12-7-5-6-8-16(12)11-22-29(27,28)23-10-9-17-19(23)15(4)20(25)24(17)21(26)18-13(2)14(18)3/h5-8,13-15,17-19,22H,9-11H2,1-4H3/t13-,14+,15-,17-,18?,19+/m0/s1. The summed E-state index contributed by atoms with van der Waals surface area (Å²) in [6.07, 6.45) is 0.493. The molecule has 2 amide bonds. The van der Waals surface area contributed by atoms with E-state index >= 15 is 0 Å². The Morgan fingerprint density at radius 2 is 1.83 bits per heavy atom. The first-order valence-corrected chi connectivity index (χ1v) is 11.8. The summed E-state index contributed by atoms with van der Waals surface area (Å²) < 4.78 is 30.2. The number of imide groups is 1. The van der Waals surface area contributed by atoms with Crippen molar-refractivity contribution in [2.24, 2.45) is 23.7 Å². The van der Waals surface area contributed by atoms with Gasteiger partial charge in [0.15, 0.2) is 0 Å². The molecule has 0 bridgehead atoms. The zero-order valence-corrected chi connectivity index (χ0v) is 18.1. The molecule has 3 fully saturated rings. The lowest BCUT2D eigenvalue weighted by Crippen LogP contribution is -2.47. The average Bonchev–Trinajstić information content (AvgIpc) is 3.01. The van der Waals surface area contributed by atoms with Crippen LogP contribution in [0.5, 0.6) is 0 Å². The summed E-state index contributed by atoms with van der Waals surface area (Å²) in [4.78, 5) is 27.2. The minimum Gasteiger partial charge on any atom is -0.277 e. The summed E-state index contributed by atoms with van der Waals surface area (Å²) in [6, 6.07) is 6.77. The monoisotopic (exact) mass is 419 g/mol. The number of hydrogen-bond acceptors (Lipinski definition) is 4. The Balaban J connectivity index is 1.51. The molecule has 158 valence electrons. The Morgan fingerprint density at radius 3 is 2.45 bits per heavy atom. The number of aryl methyl sites for hydroxylation is 1. The zero-order valence-electron chi connectivity index (χ0n) is 17.3. The van der Waals surface area contributed by atoms with Gasteiger partial charge in [-0.05, 0) is 36.3 Å². The van der Waals surface area contributed by atoms with Crippen LogP contribution in [0.3, 0.4) is 0 Å². The maximum absolute atomic E-state index is 13.0. The Morgan fingerprint density at radius 1 is 1.17 bits per heavy atom. The fourth-order valence-electron chi connectivity index (χ4n) is 5.05. The van der Waals surface area contributed by atoms with Crippen molar-refractivity contribution in [1.29, 1.82) is 0 Å². The van der Waals surface area contributed by atoms with Crippen LogP contribution < -0.4 is 4.72 Å². The molecular formula is C21H29N3O4S. The number of hydrogen-bond donors (Lipinski definition) is 1. The molecule has 0 radical (unpaired) electrons. The van der Waals surface area contributed by atoms with Crippen LogP contribution in [0, 0.1) is 30.6 Å². The number of likely N-dealkylation sites (tertiary alicyclic amines) is 1. The lowest BCUT2D eigenvalue weighted by atomic mass is 10.0. The minimum atomic E-state index is -3.77. The van der Waals surface area contributed by atoms with Crippen molar-refractivity contribution >= 4 is 22.0 Å². The maximum Gasteiger partial charge on any atom is 0.280 e. The highest BCUT2D eigenvalue weighted by Crippen LogP contribution is 2.49. The van der Waals surface area contributed by atoms with E-state index in [0.29, 0.717) is 13.0 Å². The molecule has 1 unspecified atom stereocenters. The summed E-state index contributed by atoms with van der Waals surface area (Å²) in [7, 11) is -3.77. The van der Waals surface area contributed by atoms with Gasteiger partial charge in [0.1, 0.15) is 0 Å². The van der Waals surface area contributed by atoms with Crippen molar-refractivity contribution in [2.45, 2.75) is 52.7 Å². The van der Waals surface area contributed by atoms with E-state index < -0.39 is 22.2 Å². The molecule has 2 aliphatic heterocycles. The first-order chi connectivity index (χ1) is 13.6. The Bertz CT molecular complexity index is 939. The largest absolute Gasteiger partial charge is 0.280 e. The second-order valence-electron chi connectivity index (χ2n) is 8.79. The Kier molecular flexibility index (Phi) is 5.07. The van der Waals surface area contributed by atoms with Crippen LogP contribution >= 0.6 is 0 Å². The second-order valence-corrected chi connectivity index (χ2v) is 10.5. The van der Waals surface area contributed by atoms with Gasteiger partial charge < -0.3 is 0 Å². The molecule has 7 nitrogen and oxygen atoms in total. The molecule has 1 aromatic carbocycles. The third-order valence-electron chi connectivity index (χ3n) is 7.20. The van der Waals surface area contributed by atoms with E-state index in [9.17, 15) is 18.0 Å². The van der Waals surface area contributed by atoms with E-state index in [-0.39, 0.29) is 42.2 Å². The highest BCUT2D eigenvalue weighted by molar-refractivity contribution is 7.87. The molecule has 8 heteroatoms. The smallest absolute Gasteiger partial charge is 0.277 e. The van der Waals surface area contributed by atoms with Gasteiger partial charge >= 0.3 is 0 Å². The molecule has 4 rings (SSSR count). The van der Waals surface area contributed by atoms with Crippen LogP contribution in [-0.2, 0) is 26.3 Å². The normalized spacial score (nSPS) is 34.5. The predicted octanol–water partition coefficient (Wildman–Crippen LogP) is 1.68. The number of nitrogens with one attached hydrogen (secondary N) is 1. The number of fused-ring (bicyclic) bond motifs is 1. The van der Waals surface area contributed by atoms with Crippen LogP contribution in [0.1, 0.15) is 38.3 Å². The molecule has 29 heavy (non-hydrogen) atoms. The van der Waals surface area contributed by atoms with E-state index in [1.165, 1.54) is 9.21 Å². The van der Waals surface area contributed by atoms with E-state index in [4.69, 9.17) is 0 Å². The number of benzene rings is 1. The first-order valence-electron chi connectivity index (χ1n) is 10.3. The first kappa shape index (κ1) is 20.5. The number of nitrogens with zero attached hydrogens (tertiary/aromatic N) is 2. The molecule has 2 heterocycles. The van der Waals surface area contributed by atoms with Crippen LogP contribution in [0.2, 0.25) is 0 Å². The minimum absolute atomic E-state index is 0.116. The fourth-order valence-corrected chi connectivity index (χ4v) is 6.54. The summed E-state index contributed by atoms with van der Waals surface area (Å²) in [5.74, 6) is -0.444. The van der Waals surface area contributed by atoms with Crippen LogP contribution in [0.15, 0.2) is 24.3 Å². The molecule has 1 aliphatic carbocycles. The Hall–Kier alpha value is -1.77. The molecule has 2 saturated heterocycles. The second kappa shape index (κ2) is 7.18. The molecule has 1 aromatic rings. The van der Waals surface area contributed by atoms with Gasteiger partial charge in [0.2, 0.25) is 11.8 Å². The SMILES string of the molecule is Cc1ccccc1CNS(=O)(=O)N1CC[C@H]2[C@H]1[C@H](C)C(=O)N2C(=O)C1[C@@H](C)[C@H]1C. The number of amides is 2. The van der Waals surface area contributed by atoms with Crippen LogP contribution in [0.25, 0.3) is 0 Å². The van der Waals surface area contributed by atoms with Crippen molar-refractivity contribution < 1.29 is 18.0 Å². The summed E-state index contributed by atoms with van der Waals surface area (Å²) >= 11 is 0. The van der Waals surface area contributed by atoms with Gasteiger partial charge in [-0.2, -0.15) is 17.4 Å². The van der Waals surface area contributed by atoms with Crippen molar-refractivity contribution in [2.75, 3.05) is 6.54 Å². The van der Waals surface area contributed by atoms with Crippen LogP contribution in [0.4, 0.5) is 0 Å². The van der Waals surface area contributed by atoms with E-state index in [1.807, 2.05) is 45.0 Å². The van der Waals surface area contributed by atoms with E-state index in [0.717, 1.165) is 11.1 Å². The van der Waals surface area contributed by atoms with Crippen molar-refractivity contribution in [1.82, 2.24) is 13.9 Å². The molecule has 1 saturated carbocycles. The molecule has 0 spiro atoms. The fraction of sp³-hybridized carbons (Fsp3) is 0.619. The predicted molar refractivity (Wildman–Crippen MR) is 109 cm³/mol. The van der Waals surface area contributed by atoms with Gasteiger partial charge in [-0.3, -0.25) is 14.5 Å². The molecule has 6 atom stereocenters. The van der Waals surface area contributed by atoms with Gasteiger partial charge in [0.05, 0.1) is 18.0 Å². The number of rotatable bonds is 5. The summed E-state index contributed by atoms with van der Waals surface area (Å²) in [5.41, 5.74) is 1.93. The lowest BCUT2D eigenvalue weighted by Gasteiger charge is -2.26. The van der Waals surface area contributed by atoms with Crippen molar-refractivity contribution in [3.8, 4) is 0 Å². The quantitative estimate of drug-likeness (QED) is 0.736. The van der Waals surface area contributed by atoms with Gasteiger partial charge in [0, 0.05) is 19.0 Å². The topological polar surface area (TPSA) is 86.8 Å². The van der Waals surface area contributed by atoms with Crippen LogP contribution in [-0.4, -0.2) is 48.1 Å². The van der Waals surface area contributed by atoms with Crippen molar-refractivity contribution in [3.63, 3.8) is 0 Å². The average molecular weight is 420 g/mol. The third kappa shape index (κ3) is 3.31. The van der Waals surface area contributed by atoms with Crippen molar-refractivity contribution in [3.05, 3.63) is 35.4 Å². The highest BCUT2D eigenvalue weighted by atomic mass is 32.2. The van der Waals surface area contributed by atoms with Gasteiger partial charge in [0.25, 0.3) is 10.2 Å². The van der Waals surface area contributed by atoms with Gasteiger partial charge in [-0.25, -0.2) is 0 Å². The lowest BCUT2D eigenvalue weighted by molar-refractivity contribution is -0.146. The van der Waals surface area contributed by atoms with E-state index in [1.54, 1.807) is 6.92 Å². The summed E-state index contributed by atoms with van der Waals surface area (Å²) in [5, 5.41) is 0. The molecule has 0 aromatic heterocycles. The Labute approximate surface area is 172 Å². The molecule has 3 aliphatic rings. The molecular weight excluding hydrogens is 390 g/mol. The van der Waals surface area contributed by atoms with E-state index in [2.05, 4.69) is 4.72 Å². The highest BCUT2D eigenvalue weighted by Gasteiger charge is 2.60. The van der Waals surface area contributed by atoms with Gasteiger partial charge in [-0.1, -0.05) is 45.0 Å². The maximum atomic E-state index is 13.0. The molecule has 1 N–H and O–H groups in total. The number of carbonyl (C=O) groups is 2.